The van der Waals surface area contributed by atoms with Gasteiger partial charge in [-0.15, -0.1) is 11.8 Å². The first kappa shape index (κ1) is 25.3. The number of anilines is 3. The highest BCUT2D eigenvalue weighted by molar-refractivity contribution is 8.00. The molecule has 0 radical (unpaired) electrons. The molecule has 0 spiro atoms. The minimum absolute atomic E-state index is 0.0494. The number of hydrogen-bond donors (Lipinski definition) is 1. The molecule has 0 fully saturated rings. The first-order valence-electron chi connectivity index (χ1n) is 12.9. The van der Waals surface area contributed by atoms with Crippen molar-refractivity contribution < 1.29 is 9.59 Å². The van der Waals surface area contributed by atoms with Crippen LogP contribution in [0.15, 0.2) is 130 Å². The molecule has 1 aliphatic heterocycles. The Balaban J connectivity index is 1.22. The average Bonchev–Trinajstić information content (AvgIpc) is 2.98. The third kappa shape index (κ3) is 5.18. The summed E-state index contributed by atoms with van der Waals surface area (Å²) in [5.74, 6) is -0.113. The summed E-state index contributed by atoms with van der Waals surface area (Å²) < 4.78 is 0. The van der Waals surface area contributed by atoms with Gasteiger partial charge in [0.25, 0.3) is 5.91 Å². The van der Waals surface area contributed by atoms with Crippen LogP contribution in [0.2, 0.25) is 0 Å². The highest BCUT2D eigenvalue weighted by Crippen LogP contribution is 2.48. The summed E-state index contributed by atoms with van der Waals surface area (Å²) in [7, 11) is 0. The minimum Gasteiger partial charge on any atom is -0.322 e. The fourth-order valence-electron chi connectivity index (χ4n) is 4.74. The minimum atomic E-state index is -0.291. The molecule has 1 heterocycles. The van der Waals surface area contributed by atoms with Crippen LogP contribution < -0.4 is 10.2 Å². The molecule has 5 aromatic carbocycles. The van der Waals surface area contributed by atoms with Gasteiger partial charge in [-0.2, -0.15) is 0 Å². The number of para-hydroxylation sites is 2. The highest BCUT2D eigenvalue weighted by atomic mass is 32.2. The number of nitrogens with one attached hydrogen (secondary N) is 1. The van der Waals surface area contributed by atoms with Gasteiger partial charge < -0.3 is 5.32 Å². The zero-order valence-electron chi connectivity index (χ0n) is 21.3. The van der Waals surface area contributed by atoms with E-state index in [1.165, 1.54) is 11.8 Å². The summed E-state index contributed by atoms with van der Waals surface area (Å²) in [5, 5.41) is 4.86. The van der Waals surface area contributed by atoms with Gasteiger partial charge in [-0.3, -0.25) is 14.5 Å². The zero-order valence-corrected chi connectivity index (χ0v) is 23.0. The number of fused-ring (bicyclic) bond motifs is 3. The fraction of sp³-hybridized carbons (Fsp3) is 0.0909. The monoisotopic (exact) mass is 546 g/mol. The van der Waals surface area contributed by atoms with Gasteiger partial charge in [-0.25, -0.2) is 0 Å². The van der Waals surface area contributed by atoms with Gasteiger partial charge in [0, 0.05) is 25.9 Å². The van der Waals surface area contributed by atoms with E-state index in [9.17, 15) is 9.59 Å². The summed E-state index contributed by atoms with van der Waals surface area (Å²) >= 11 is 3.22. The lowest BCUT2D eigenvalue weighted by molar-refractivity contribution is -0.117. The molecule has 192 valence electrons. The van der Waals surface area contributed by atoms with Gasteiger partial charge >= 0.3 is 0 Å². The number of nitrogens with zero attached hydrogens (tertiary/aromatic N) is 1. The van der Waals surface area contributed by atoms with E-state index < -0.39 is 0 Å². The Morgan fingerprint density at radius 1 is 0.769 bits per heavy atom. The third-order valence-electron chi connectivity index (χ3n) is 6.68. The lowest BCUT2D eigenvalue weighted by atomic mass is 10.1. The SMILES string of the molecule is CCC(Sc1cccc(NC(=O)c2ccc3ccccc3c2)c1)C(=O)N1c2ccccc2Sc2ccccc21. The maximum atomic E-state index is 14.0. The Morgan fingerprint density at radius 3 is 2.15 bits per heavy atom. The number of carbonyl (C=O) groups is 2. The molecule has 5 aromatic rings. The van der Waals surface area contributed by atoms with E-state index in [4.69, 9.17) is 0 Å². The molecule has 0 saturated heterocycles. The number of amides is 2. The standard InChI is InChI=1S/C33H26N2O2S2/c1-2-29(33(37)35-27-14-5-7-16-30(27)39-31-17-8-6-15-28(31)35)38-26-13-9-12-25(21-26)34-32(36)24-19-18-22-10-3-4-11-23(22)20-24/h3-21,29H,2H2,1H3,(H,34,36). The second kappa shape index (κ2) is 11.0. The van der Waals surface area contributed by atoms with Gasteiger partial charge in [0.15, 0.2) is 0 Å². The molecule has 0 saturated carbocycles. The molecule has 39 heavy (non-hydrogen) atoms. The Kier molecular flexibility index (Phi) is 7.14. The topological polar surface area (TPSA) is 49.4 Å². The van der Waals surface area contributed by atoms with Crippen molar-refractivity contribution in [1.29, 1.82) is 0 Å². The summed E-state index contributed by atoms with van der Waals surface area (Å²) in [6, 6.07) is 37.5. The van der Waals surface area contributed by atoms with E-state index in [2.05, 4.69) is 17.4 Å². The molecule has 1 aliphatic rings. The Labute approximate surface area is 236 Å². The van der Waals surface area contributed by atoms with Gasteiger partial charge in [0.1, 0.15) is 0 Å². The molecule has 1 unspecified atom stereocenters. The summed E-state index contributed by atoms with van der Waals surface area (Å²) in [5.41, 5.74) is 3.14. The molecule has 1 atom stereocenters. The van der Waals surface area contributed by atoms with E-state index in [1.807, 2.05) is 115 Å². The lowest BCUT2D eigenvalue weighted by Crippen LogP contribution is -2.35. The molecule has 4 nitrogen and oxygen atoms in total. The van der Waals surface area contributed by atoms with E-state index in [0.29, 0.717) is 17.7 Å². The van der Waals surface area contributed by atoms with Crippen molar-refractivity contribution >= 4 is 63.2 Å². The number of rotatable bonds is 6. The first-order valence-corrected chi connectivity index (χ1v) is 14.6. The number of thioether (sulfide) groups is 1. The van der Waals surface area contributed by atoms with Crippen LogP contribution in [0.3, 0.4) is 0 Å². The molecule has 0 bridgehead atoms. The van der Waals surface area contributed by atoms with E-state index in [1.54, 1.807) is 11.8 Å². The maximum Gasteiger partial charge on any atom is 0.255 e. The van der Waals surface area contributed by atoms with E-state index in [-0.39, 0.29) is 17.1 Å². The highest BCUT2D eigenvalue weighted by Gasteiger charge is 2.32. The summed E-state index contributed by atoms with van der Waals surface area (Å²) in [4.78, 5) is 32.0. The van der Waals surface area contributed by atoms with Gasteiger partial charge in [-0.1, -0.05) is 79.3 Å². The zero-order chi connectivity index (χ0) is 26.8. The van der Waals surface area contributed by atoms with E-state index >= 15 is 0 Å². The van der Waals surface area contributed by atoms with Crippen LogP contribution in [0.25, 0.3) is 10.8 Å². The molecular weight excluding hydrogens is 521 g/mol. The second-order valence-electron chi connectivity index (χ2n) is 9.27. The van der Waals surface area contributed by atoms with Crippen LogP contribution in [-0.2, 0) is 4.79 Å². The van der Waals surface area contributed by atoms with Gasteiger partial charge in [-0.05, 0) is 71.8 Å². The third-order valence-corrected chi connectivity index (χ3v) is 9.16. The predicted molar refractivity (Wildman–Crippen MR) is 162 cm³/mol. The maximum absolute atomic E-state index is 14.0. The van der Waals surface area contributed by atoms with Crippen molar-refractivity contribution in [3.63, 3.8) is 0 Å². The smallest absolute Gasteiger partial charge is 0.255 e. The van der Waals surface area contributed by atoms with Crippen molar-refractivity contribution in [1.82, 2.24) is 0 Å². The quantitative estimate of drug-likeness (QED) is 0.216. The molecule has 2 amide bonds. The Hall–Kier alpha value is -4.00. The van der Waals surface area contributed by atoms with Crippen molar-refractivity contribution in [3.05, 3.63) is 121 Å². The summed E-state index contributed by atoms with van der Waals surface area (Å²) in [6.45, 7) is 2.04. The molecule has 0 aromatic heterocycles. The van der Waals surface area contributed by atoms with Crippen molar-refractivity contribution in [2.75, 3.05) is 10.2 Å². The van der Waals surface area contributed by atoms with Crippen LogP contribution >= 0.6 is 23.5 Å². The fourth-order valence-corrected chi connectivity index (χ4v) is 6.85. The van der Waals surface area contributed by atoms with Crippen molar-refractivity contribution in [2.24, 2.45) is 0 Å². The largest absolute Gasteiger partial charge is 0.322 e. The van der Waals surface area contributed by atoms with Gasteiger partial charge in [0.2, 0.25) is 5.91 Å². The van der Waals surface area contributed by atoms with Crippen LogP contribution in [-0.4, -0.2) is 17.1 Å². The Morgan fingerprint density at radius 2 is 1.44 bits per heavy atom. The molecular formula is C33H26N2O2S2. The average molecular weight is 547 g/mol. The van der Waals surface area contributed by atoms with Crippen molar-refractivity contribution in [2.45, 2.75) is 33.3 Å². The second-order valence-corrected chi connectivity index (χ2v) is 11.6. The van der Waals surface area contributed by atoms with Crippen molar-refractivity contribution in [3.8, 4) is 0 Å². The number of hydrogen-bond acceptors (Lipinski definition) is 4. The van der Waals surface area contributed by atoms with Crippen LogP contribution in [0.4, 0.5) is 17.1 Å². The van der Waals surface area contributed by atoms with Crippen LogP contribution in [0.1, 0.15) is 23.7 Å². The molecule has 6 rings (SSSR count). The first-order chi connectivity index (χ1) is 19.1. The van der Waals surface area contributed by atoms with Crippen LogP contribution in [0, 0.1) is 0 Å². The molecule has 0 aliphatic carbocycles. The van der Waals surface area contributed by atoms with Crippen LogP contribution in [0.5, 0.6) is 0 Å². The number of benzene rings is 5. The lowest BCUT2D eigenvalue weighted by Gasteiger charge is -2.33. The Bertz CT molecular complexity index is 1660. The molecule has 6 heteroatoms. The normalized spacial score (nSPS) is 12.9. The van der Waals surface area contributed by atoms with E-state index in [0.717, 1.165) is 36.8 Å². The molecule has 1 N–H and O–H groups in total. The number of carbonyl (C=O) groups excluding carboxylic acids is 2. The van der Waals surface area contributed by atoms with Gasteiger partial charge in [0.05, 0.1) is 16.6 Å². The summed E-state index contributed by atoms with van der Waals surface area (Å²) in [6.07, 6.45) is 0.672. The predicted octanol–water partition coefficient (Wildman–Crippen LogP) is 8.79.